The predicted octanol–water partition coefficient (Wildman–Crippen LogP) is 4.68. The molecule has 1 amide bonds. The summed E-state index contributed by atoms with van der Waals surface area (Å²) >= 11 is 0. The maximum absolute atomic E-state index is 12.9. The maximum Gasteiger partial charge on any atom is 0.262 e. The first kappa shape index (κ1) is 26.1. The molecular weight excluding hydrogens is 466 g/mol. The Labute approximate surface area is 206 Å². The van der Waals surface area contributed by atoms with Gasteiger partial charge in [0, 0.05) is 18.2 Å². The average Bonchev–Trinajstić information content (AvgIpc) is 2.84. The summed E-state index contributed by atoms with van der Waals surface area (Å²) in [7, 11) is -2.57. The molecule has 0 atom stereocenters. The minimum atomic E-state index is -4.01. The van der Waals surface area contributed by atoms with Crippen molar-refractivity contribution in [3.05, 3.63) is 77.9 Å². The highest BCUT2D eigenvalue weighted by molar-refractivity contribution is 7.92. The zero-order chi connectivity index (χ0) is 25.6. The molecule has 0 radical (unpaired) electrons. The van der Waals surface area contributed by atoms with Gasteiger partial charge < -0.3 is 15.2 Å². The second-order valence-corrected chi connectivity index (χ2v) is 9.98. The summed E-state index contributed by atoms with van der Waals surface area (Å²) in [5.41, 5.74) is 1.73. The largest absolute Gasteiger partial charge is 0.506 e. The summed E-state index contributed by atoms with van der Waals surface area (Å²) in [5, 5.41) is 12.8. The lowest BCUT2D eigenvalue weighted by atomic mass is 10.1. The smallest absolute Gasteiger partial charge is 0.262 e. The van der Waals surface area contributed by atoms with Crippen LogP contribution in [-0.2, 0) is 16.6 Å². The highest BCUT2D eigenvalue weighted by Gasteiger charge is 2.19. The molecule has 3 aromatic carbocycles. The lowest BCUT2D eigenvalue weighted by molar-refractivity contribution is 0.102. The number of phenols is 1. The number of rotatable bonds is 10. The number of nitrogens with one attached hydrogen (secondary N) is 2. The molecule has 35 heavy (non-hydrogen) atoms. The van der Waals surface area contributed by atoms with Gasteiger partial charge in [-0.05, 0) is 68.4 Å². The minimum Gasteiger partial charge on any atom is -0.506 e. The molecule has 0 aliphatic carbocycles. The number of methoxy groups -OCH3 is 1. The normalized spacial score (nSPS) is 11.5. The fourth-order valence-corrected chi connectivity index (χ4v) is 4.66. The molecule has 0 aliphatic rings. The van der Waals surface area contributed by atoms with Gasteiger partial charge in [0.25, 0.3) is 15.9 Å². The van der Waals surface area contributed by atoms with Gasteiger partial charge in [-0.25, -0.2) is 8.42 Å². The Morgan fingerprint density at radius 1 is 1.03 bits per heavy atom. The van der Waals surface area contributed by atoms with Crippen LogP contribution < -0.4 is 14.8 Å². The number of para-hydroxylation sites is 2. The molecule has 186 valence electrons. The number of carbonyl (C=O) groups is 1. The van der Waals surface area contributed by atoms with Crippen molar-refractivity contribution in [1.82, 2.24) is 4.90 Å². The summed E-state index contributed by atoms with van der Waals surface area (Å²) in [5.74, 6) is -0.348. The van der Waals surface area contributed by atoms with Gasteiger partial charge in [-0.3, -0.25) is 14.4 Å². The number of nitrogens with zero attached hydrogens (tertiary/aromatic N) is 1. The van der Waals surface area contributed by atoms with Crippen LogP contribution in [0.1, 0.15) is 36.7 Å². The summed E-state index contributed by atoms with van der Waals surface area (Å²) in [4.78, 5) is 15.0. The van der Waals surface area contributed by atoms with Gasteiger partial charge in [-0.15, -0.1) is 0 Å². The third-order valence-corrected chi connectivity index (χ3v) is 6.98. The molecule has 0 spiro atoms. The standard InChI is InChI=1S/C26H31N3O5S/c1-5-29(18(2)3)17-19-10-12-20(13-11-19)26(31)27-23-16-21(14-15-24(23)30)35(32,33)28-22-8-6-7-9-25(22)34-4/h6-16,18,28,30H,5,17H2,1-4H3,(H,27,31). The van der Waals surface area contributed by atoms with Crippen LogP contribution >= 0.6 is 0 Å². The van der Waals surface area contributed by atoms with Crippen molar-refractivity contribution in [1.29, 1.82) is 0 Å². The highest BCUT2D eigenvalue weighted by Crippen LogP contribution is 2.30. The molecule has 0 saturated heterocycles. The molecular formula is C26H31N3O5S. The lowest BCUT2D eigenvalue weighted by Crippen LogP contribution is -2.29. The molecule has 8 nitrogen and oxygen atoms in total. The van der Waals surface area contributed by atoms with Crippen LogP contribution in [0, 0.1) is 0 Å². The van der Waals surface area contributed by atoms with Crippen molar-refractivity contribution in [2.45, 2.75) is 38.3 Å². The van der Waals surface area contributed by atoms with Crippen molar-refractivity contribution >= 4 is 27.3 Å². The van der Waals surface area contributed by atoms with Crippen LogP contribution in [0.4, 0.5) is 11.4 Å². The molecule has 0 bridgehead atoms. The van der Waals surface area contributed by atoms with Gasteiger partial charge in [0.05, 0.1) is 23.4 Å². The van der Waals surface area contributed by atoms with Crippen LogP contribution in [0.5, 0.6) is 11.5 Å². The van der Waals surface area contributed by atoms with Gasteiger partial charge >= 0.3 is 0 Å². The highest BCUT2D eigenvalue weighted by atomic mass is 32.2. The van der Waals surface area contributed by atoms with E-state index in [1.165, 1.54) is 25.3 Å². The third kappa shape index (κ3) is 6.52. The Morgan fingerprint density at radius 2 is 1.71 bits per heavy atom. The van der Waals surface area contributed by atoms with Crippen LogP contribution in [0.15, 0.2) is 71.6 Å². The van der Waals surface area contributed by atoms with E-state index in [0.29, 0.717) is 17.4 Å². The number of sulfonamides is 1. The Kier molecular flexibility index (Phi) is 8.37. The summed E-state index contributed by atoms with van der Waals surface area (Å²) in [6.07, 6.45) is 0. The first-order valence-corrected chi connectivity index (χ1v) is 12.8. The molecule has 0 fully saturated rings. The Morgan fingerprint density at radius 3 is 2.34 bits per heavy atom. The van der Waals surface area contributed by atoms with E-state index in [-0.39, 0.29) is 22.0 Å². The van der Waals surface area contributed by atoms with Gasteiger partial charge in [0.1, 0.15) is 11.5 Å². The Hall–Kier alpha value is -3.56. The molecule has 3 aromatic rings. The average molecular weight is 498 g/mol. The second-order valence-electron chi connectivity index (χ2n) is 8.29. The maximum atomic E-state index is 12.9. The molecule has 3 N–H and O–H groups in total. The van der Waals surface area contributed by atoms with Gasteiger partial charge in [-0.1, -0.05) is 31.2 Å². The third-order valence-electron chi connectivity index (χ3n) is 5.62. The van der Waals surface area contributed by atoms with E-state index in [9.17, 15) is 18.3 Å². The van der Waals surface area contributed by atoms with E-state index in [4.69, 9.17) is 4.74 Å². The van der Waals surface area contributed by atoms with Crippen LogP contribution in [0.3, 0.4) is 0 Å². The number of benzene rings is 3. The van der Waals surface area contributed by atoms with Gasteiger partial charge in [-0.2, -0.15) is 0 Å². The predicted molar refractivity (Wildman–Crippen MR) is 138 cm³/mol. The molecule has 3 rings (SSSR count). The van der Waals surface area contributed by atoms with E-state index in [2.05, 4.69) is 35.7 Å². The monoisotopic (exact) mass is 497 g/mol. The molecule has 0 heterocycles. The lowest BCUT2D eigenvalue weighted by Gasteiger charge is -2.24. The van der Waals surface area contributed by atoms with Crippen molar-refractivity contribution in [3.8, 4) is 11.5 Å². The number of aromatic hydroxyl groups is 1. The zero-order valence-electron chi connectivity index (χ0n) is 20.3. The number of carbonyl (C=O) groups excluding carboxylic acids is 1. The van der Waals surface area contributed by atoms with Crippen molar-refractivity contribution in [3.63, 3.8) is 0 Å². The summed E-state index contributed by atoms with van der Waals surface area (Å²) in [6.45, 7) is 8.07. The van der Waals surface area contributed by atoms with E-state index in [0.717, 1.165) is 18.7 Å². The number of amides is 1. The van der Waals surface area contributed by atoms with Gasteiger partial charge in [0.2, 0.25) is 0 Å². The molecule has 0 unspecified atom stereocenters. The van der Waals surface area contributed by atoms with E-state index < -0.39 is 15.9 Å². The zero-order valence-corrected chi connectivity index (χ0v) is 21.1. The SMILES string of the molecule is CCN(Cc1ccc(C(=O)Nc2cc(S(=O)(=O)Nc3ccccc3OC)ccc2O)cc1)C(C)C. The first-order valence-electron chi connectivity index (χ1n) is 11.3. The molecule has 0 aliphatic heterocycles. The van der Waals surface area contributed by atoms with Crippen LogP contribution in [0.25, 0.3) is 0 Å². The molecule has 0 aromatic heterocycles. The van der Waals surface area contributed by atoms with E-state index in [1.54, 1.807) is 36.4 Å². The van der Waals surface area contributed by atoms with Gasteiger partial charge in [0.15, 0.2) is 0 Å². The number of phenolic OH excluding ortho intramolecular Hbond substituents is 1. The topological polar surface area (TPSA) is 108 Å². The van der Waals surface area contributed by atoms with Crippen LogP contribution in [0.2, 0.25) is 0 Å². The second kappa shape index (κ2) is 11.2. The minimum absolute atomic E-state index is 0.0149. The van der Waals surface area contributed by atoms with Crippen molar-refractivity contribution in [2.24, 2.45) is 0 Å². The number of anilines is 2. The fraction of sp³-hybridized carbons (Fsp3) is 0.269. The Bertz CT molecular complexity index is 1270. The fourth-order valence-electron chi connectivity index (χ4n) is 3.57. The van der Waals surface area contributed by atoms with Crippen molar-refractivity contribution < 1.29 is 23.1 Å². The first-order chi connectivity index (χ1) is 16.6. The number of ether oxygens (including phenoxy) is 1. The van der Waals surface area contributed by atoms with E-state index >= 15 is 0 Å². The van der Waals surface area contributed by atoms with Crippen molar-refractivity contribution in [2.75, 3.05) is 23.7 Å². The number of hydrogen-bond acceptors (Lipinski definition) is 6. The molecule has 9 heteroatoms. The molecule has 0 saturated carbocycles. The summed E-state index contributed by atoms with van der Waals surface area (Å²) < 4.78 is 33.5. The summed E-state index contributed by atoms with van der Waals surface area (Å²) in [6, 6.07) is 17.9. The van der Waals surface area contributed by atoms with E-state index in [1.807, 2.05) is 12.1 Å². The number of hydrogen-bond donors (Lipinski definition) is 3. The quantitative estimate of drug-likeness (QED) is 0.351. The Balaban J connectivity index is 1.77. The van der Waals surface area contributed by atoms with Crippen LogP contribution in [-0.4, -0.2) is 44.0 Å².